The Morgan fingerprint density at radius 2 is 2.00 bits per heavy atom. The molecule has 0 N–H and O–H groups in total. The van der Waals surface area contributed by atoms with E-state index in [0.717, 1.165) is 35.3 Å². The van der Waals surface area contributed by atoms with Gasteiger partial charge in [0.15, 0.2) is 11.0 Å². The fourth-order valence-corrected chi connectivity index (χ4v) is 4.70. The molecule has 2 fully saturated rings. The average Bonchev–Trinajstić information content (AvgIpc) is 3.45. The van der Waals surface area contributed by atoms with Crippen molar-refractivity contribution in [2.45, 2.75) is 30.5 Å². The first kappa shape index (κ1) is 19.8. The Balaban J connectivity index is 1.50. The Morgan fingerprint density at radius 3 is 2.66 bits per heavy atom. The lowest BCUT2D eigenvalue weighted by atomic mass is 10.1. The van der Waals surface area contributed by atoms with Crippen molar-refractivity contribution < 1.29 is 14.3 Å². The van der Waals surface area contributed by atoms with Crippen LogP contribution in [0.2, 0.25) is 0 Å². The number of carbonyl (C=O) groups excluding carboxylic acids is 2. The van der Waals surface area contributed by atoms with Gasteiger partial charge >= 0.3 is 0 Å². The monoisotopic (exact) mass is 415 g/mol. The third-order valence-corrected chi connectivity index (χ3v) is 6.46. The molecule has 9 heteroatoms. The van der Waals surface area contributed by atoms with Gasteiger partial charge in [0, 0.05) is 32.2 Å². The number of hydrogen-bond acceptors (Lipinski definition) is 6. The number of amides is 2. The summed E-state index contributed by atoms with van der Waals surface area (Å²) in [4.78, 5) is 29.5. The summed E-state index contributed by atoms with van der Waals surface area (Å²) in [7, 11) is 3.54. The summed E-state index contributed by atoms with van der Waals surface area (Å²) in [6.07, 6.45) is 4.00. The Labute approximate surface area is 174 Å². The summed E-state index contributed by atoms with van der Waals surface area (Å²) < 4.78 is 7.14. The molecule has 1 aromatic carbocycles. The van der Waals surface area contributed by atoms with E-state index in [-0.39, 0.29) is 30.2 Å². The molecule has 2 aromatic rings. The molecule has 3 heterocycles. The first-order valence-corrected chi connectivity index (χ1v) is 10.9. The number of anilines is 1. The number of aromatic nitrogens is 3. The van der Waals surface area contributed by atoms with Gasteiger partial charge in [-0.3, -0.25) is 9.59 Å². The maximum Gasteiger partial charge on any atom is 0.228 e. The number of ether oxygens (including phenoxy) is 1. The minimum Gasteiger partial charge on any atom is -0.497 e. The van der Waals surface area contributed by atoms with Gasteiger partial charge in [0.25, 0.3) is 0 Å². The van der Waals surface area contributed by atoms with Crippen LogP contribution in [0.15, 0.2) is 29.4 Å². The SMILES string of the molecule is COc1ccc(N2CC(C(=O)N3CCCC3c3nnc(SC)n3C)CC2=O)cc1. The lowest BCUT2D eigenvalue weighted by molar-refractivity contribution is -0.136. The van der Waals surface area contributed by atoms with Gasteiger partial charge in [-0.15, -0.1) is 10.2 Å². The zero-order valence-electron chi connectivity index (χ0n) is 16.9. The number of methoxy groups -OCH3 is 1. The van der Waals surface area contributed by atoms with Gasteiger partial charge in [0.1, 0.15) is 5.75 Å². The molecule has 4 rings (SSSR count). The fraction of sp³-hybridized carbons (Fsp3) is 0.500. The number of carbonyl (C=O) groups is 2. The van der Waals surface area contributed by atoms with Crippen molar-refractivity contribution >= 4 is 29.3 Å². The van der Waals surface area contributed by atoms with E-state index in [2.05, 4.69) is 10.2 Å². The molecule has 29 heavy (non-hydrogen) atoms. The van der Waals surface area contributed by atoms with Gasteiger partial charge in [0.05, 0.1) is 19.1 Å². The molecule has 2 aliphatic rings. The van der Waals surface area contributed by atoms with E-state index >= 15 is 0 Å². The molecular formula is C20H25N5O3S. The molecule has 2 aliphatic heterocycles. The molecule has 2 unspecified atom stereocenters. The molecule has 0 radical (unpaired) electrons. The quantitative estimate of drug-likeness (QED) is 0.697. The van der Waals surface area contributed by atoms with Crippen LogP contribution in [-0.4, -0.2) is 57.9 Å². The highest BCUT2D eigenvalue weighted by molar-refractivity contribution is 7.98. The molecule has 2 atom stereocenters. The molecule has 0 bridgehead atoms. The van der Waals surface area contributed by atoms with E-state index in [1.54, 1.807) is 12.0 Å². The number of benzene rings is 1. The minimum atomic E-state index is -0.335. The van der Waals surface area contributed by atoms with E-state index in [9.17, 15) is 9.59 Å². The van der Waals surface area contributed by atoms with E-state index in [4.69, 9.17) is 4.74 Å². The van der Waals surface area contributed by atoms with Crippen LogP contribution >= 0.6 is 11.8 Å². The predicted molar refractivity (Wildman–Crippen MR) is 110 cm³/mol. The molecule has 8 nitrogen and oxygen atoms in total. The second kappa shape index (κ2) is 8.06. The third kappa shape index (κ3) is 3.59. The van der Waals surface area contributed by atoms with Crippen molar-refractivity contribution in [2.24, 2.45) is 13.0 Å². The molecule has 0 aliphatic carbocycles. The maximum absolute atomic E-state index is 13.3. The zero-order chi connectivity index (χ0) is 20.5. The van der Waals surface area contributed by atoms with Gasteiger partial charge in [0.2, 0.25) is 11.8 Å². The summed E-state index contributed by atoms with van der Waals surface area (Å²) >= 11 is 1.54. The first-order chi connectivity index (χ1) is 14.0. The topological polar surface area (TPSA) is 80.6 Å². The van der Waals surface area contributed by atoms with Crippen molar-refractivity contribution in [3.63, 3.8) is 0 Å². The van der Waals surface area contributed by atoms with Crippen molar-refractivity contribution in [2.75, 3.05) is 31.4 Å². The minimum absolute atomic E-state index is 0.0207. The molecular weight excluding hydrogens is 390 g/mol. The Kier molecular flexibility index (Phi) is 5.49. The number of likely N-dealkylation sites (tertiary alicyclic amines) is 1. The van der Waals surface area contributed by atoms with Crippen molar-refractivity contribution in [1.82, 2.24) is 19.7 Å². The Morgan fingerprint density at radius 1 is 1.24 bits per heavy atom. The van der Waals surface area contributed by atoms with Crippen LogP contribution in [0.3, 0.4) is 0 Å². The highest BCUT2D eigenvalue weighted by Gasteiger charge is 2.41. The van der Waals surface area contributed by atoms with E-state index in [0.29, 0.717) is 13.1 Å². The van der Waals surface area contributed by atoms with Gasteiger partial charge in [-0.05, 0) is 43.4 Å². The van der Waals surface area contributed by atoms with E-state index in [1.165, 1.54) is 11.8 Å². The normalized spacial score (nSPS) is 21.8. The fourth-order valence-electron chi connectivity index (χ4n) is 4.21. The molecule has 2 amide bonds. The summed E-state index contributed by atoms with van der Waals surface area (Å²) in [5.41, 5.74) is 0.794. The Bertz CT molecular complexity index is 913. The number of rotatable bonds is 5. The first-order valence-electron chi connectivity index (χ1n) is 9.71. The summed E-state index contributed by atoms with van der Waals surface area (Å²) in [6.45, 7) is 1.10. The molecule has 154 valence electrons. The number of hydrogen-bond donors (Lipinski definition) is 0. The van der Waals surface area contributed by atoms with Crippen LogP contribution in [0.5, 0.6) is 5.75 Å². The standard InChI is InChI=1S/C20H25N5O3S/c1-23-18(21-22-20(23)29-3)16-5-4-10-24(16)19(27)13-11-17(26)25(12-13)14-6-8-15(28-2)9-7-14/h6-9,13,16H,4-5,10-12H2,1-3H3. The smallest absolute Gasteiger partial charge is 0.228 e. The average molecular weight is 416 g/mol. The van der Waals surface area contributed by atoms with Crippen LogP contribution in [0, 0.1) is 5.92 Å². The second-order valence-corrected chi connectivity index (χ2v) is 8.17. The van der Waals surface area contributed by atoms with Gasteiger partial charge in [-0.1, -0.05) is 11.8 Å². The predicted octanol–water partition coefficient (Wildman–Crippen LogP) is 2.26. The summed E-state index contributed by atoms with van der Waals surface area (Å²) in [6, 6.07) is 7.28. The lowest BCUT2D eigenvalue weighted by Crippen LogP contribution is -2.37. The zero-order valence-corrected chi connectivity index (χ0v) is 17.7. The largest absolute Gasteiger partial charge is 0.497 e. The van der Waals surface area contributed by atoms with Gasteiger partial charge < -0.3 is 19.1 Å². The summed E-state index contributed by atoms with van der Waals surface area (Å²) in [5.74, 6) is 1.23. The van der Waals surface area contributed by atoms with Crippen molar-refractivity contribution in [3.05, 3.63) is 30.1 Å². The summed E-state index contributed by atoms with van der Waals surface area (Å²) in [5, 5.41) is 9.38. The molecule has 0 spiro atoms. The van der Waals surface area contributed by atoms with E-state index < -0.39 is 0 Å². The molecule has 2 saturated heterocycles. The number of thioether (sulfide) groups is 1. The lowest BCUT2D eigenvalue weighted by Gasteiger charge is -2.26. The van der Waals surface area contributed by atoms with Crippen molar-refractivity contribution in [1.29, 1.82) is 0 Å². The number of nitrogens with zero attached hydrogens (tertiary/aromatic N) is 5. The van der Waals surface area contributed by atoms with E-state index in [1.807, 2.05) is 47.0 Å². The van der Waals surface area contributed by atoms with Crippen LogP contribution < -0.4 is 9.64 Å². The van der Waals surface area contributed by atoms with Crippen LogP contribution in [-0.2, 0) is 16.6 Å². The second-order valence-electron chi connectivity index (χ2n) is 7.40. The third-order valence-electron chi connectivity index (χ3n) is 5.74. The van der Waals surface area contributed by atoms with Crippen molar-refractivity contribution in [3.8, 4) is 5.75 Å². The van der Waals surface area contributed by atoms with Crippen LogP contribution in [0.1, 0.15) is 31.1 Å². The Hall–Kier alpha value is -2.55. The highest BCUT2D eigenvalue weighted by atomic mass is 32.2. The maximum atomic E-state index is 13.3. The van der Waals surface area contributed by atoms with Gasteiger partial charge in [-0.2, -0.15) is 0 Å². The van der Waals surface area contributed by atoms with Crippen LogP contribution in [0.4, 0.5) is 5.69 Å². The highest BCUT2D eigenvalue weighted by Crippen LogP contribution is 2.35. The van der Waals surface area contributed by atoms with Gasteiger partial charge in [-0.25, -0.2) is 0 Å². The van der Waals surface area contributed by atoms with Crippen LogP contribution in [0.25, 0.3) is 0 Å². The molecule has 0 saturated carbocycles. The molecule has 1 aromatic heterocycles.